The van der Waals surface area contributed by atoms with Gasteiger partial charge in [0.1, 0.15) is 11.5 Å². The summed E-state index contributed by atoms with van der Waals surface area (Å²) in [5.41, 5.74) is 4.81. The van der Waals surface area contributed by atoms with E-state index in [4.69, 9.17) is 4.74 Å². The molecule has 0 amide bonds. The topological polar surface area (TPSA) is 46.5 Å². The molecule has 3 aromatic carbocycles. The highest BCUT2D eigenvalue weighted by atomic mass is 16.5. The molecule has 0 aliphatic rings. The summed E-state index contributed by atoms with van der Waals surface area (Å²) in [6, 6.07) is 20.2. The average Bonchev–Trinajstić information content (AvgIpc) is 2.64. The highest BCUT2D eigenvalue weighted by molar-refractivity contribution is 5.91. The Morgan fingerprint density at radius 1 is 0.962 bits per heavy atom. The molecule has 0 unspecified atom stereocenters. The van der Waals surface area contributed by atoms with Gasteiger partial charge in [-0.05, 0) is 72.0 Å². The number of hydrogen-bond donors (Lipinski definition) is 1. The van der Waals surface area contributed by atoms with Crippen molar-refractivity contribution in [2.45, 2.75) is 26.7 Å². The van der Waals surface area contributed by atoms with E-state index < -0.39 is 0 Å². The summed E-state index contributed by atoms with van der Waals surface area (Å²) >= 11 is 0. The fourth-order valence-corrected chi connectivity index (χ4v) is 2.93. The minimum absolute atomic E-state index is 0.238. The SMILES string of the molecule is CCCc1ccc(C(=O)Oc2ccc(-c3ccc(O)cc3)c(C)c2)cc1. The Balaban J connectivity index is 1.74. The van der Waals surface area contributed by atoms with Gasteiger partial charge < -0.3 is 9.84 Å². The van der Waals surface area contributed by atoms with Gasteiger partial charge in [-0.2, -0.15) is 0 Å². The van der Waals surface area contributed by atoms with Crippen LogP contribution in [0.1, 0.15) is 34.8 Å². The van der Waals surface area contributed by atoms with Crippen molar-refractivity contribution < 1.29 is 14.6 Å². The Kier molecular flexibility index (Phi) is 5.37. The normalized spacial score (nSPS) is 10.5. The highest BCUT2D eigenvalue weighted by Gasteiger charge is 2.10. The van der Waals surface area contributed by atoms with Crippen molar-refractivity contribution in [3.63, 3.8) is 0 Å². The van der Waals surface area contributed by atoms with E-state index >= 15 is 0 Å². The zero-order chi connectivity index (χ0) is 18.5. The van der Waals surface area contributed by atoms with E-state index in [1.165, 1.54) is 5.56 Å². The number of esters is 1. The quantitative estimate of drug-likeness (QED) is 0.487. The fraction of sp³-hybridized carbons (Fsp3) is 0.174. The number of aromatic hydroxyl groups is 1. The van der Waals surface area contributed by atoms with Crippen LogP contribution >= 0.6 is 0 Å². The predicted molar refractivity (Wildman–Crippen MR) is 104 cm³/mol. The molecule has 26 heavy (non-hydrogen) atoms. The maximum absolute atomic E-state index is 12.3. The second kappa shape index (κ2) is 7.87. The van der Waals surface area contributed by atoms with E-state index in [0.29, 0.717) is 11.3 Å². The zero-order valence-electron chi connectivity index (χ0n) is 15.0. The number of hydrogen-bond acceptors (Lipinski definition) is 3. The van der Waals surface area contributed by atoms with Crippen LogP contribution < -0.4 is 4.74 Å². The molecule has 3 heteroatoms. The summed E-state index contributed by atoms with van der Waals surface area (Å²) in [5, 5.41) is 9.41. The monoisotopic (exact) mass is 346 g/mol. The second-order valence-electron chi connectivity index (χ2n) is 6.36. The third-order valence-electron chi connectivity index (χ3n) is 4.32. The van der Waals surface area contributed by atoms with Crippen molar-refractivity contribution in [1.82, 2.24) is 0 Å². The molecule has 0 aromatic heterocycles. The van der Waals surface area contributed by atoms with E-state index in [1.54, 1.807) is 18.2 Å². The summed E-state index contributed by atoms with van der Waals surface area (Å²) in [6.07, 6.45) is 2.09. The Morgan fingerprint density at radius 3 is 2.27 bits per heavy atom. The van der Waals surface area contributed by atoms with Gasteiger partial charge in [-0.25, -0.2) is 4.79 Å². The standard InChI is InChI=1S/C23H22O3/c1-3-4-17-5-7-19(8-6-17)23(25)26-21-13-14-22(16(2)15-21)18-9-11-20(24)12-10-18/h5-15,24H,3-4H2,1-2H3. The highest BCUT2D eigenvalue weighted by Crippen LogP contribution is 2.28. The summed E-state index contributed by atoms with van der Waals surface area (Å²) in [7, 11) is 0. The third-order valence-corrected chi connectivity index (χ3v) is 4.32. The number of rotatable bonds is 5. The molecule has 0 aliphatic carbocycles. The van der Waals surface area contributed by atoms with Crippen LogP contribution in [0.2, 0.25) is 0 Å². The molecular weight excluding hydrogens is 324 g/mol. The van der Waals surface area contributed by atoms with Crippen molar-refractivity contribution >= 4 is 5.97 Å². The molecule has 0 saturated heterocycles. The van der Waals surface area contributed by atoms with Crippen molar-refractivity contribution in [3.05, 3.63) is 83.4 Å². The number of benzene rings is 3. The predicted octanol–water partition coefficient (Wildman–Crippen LogP) is 5.54. The van der Waals surface area contributed by atoms with Crippen molar-refractivity contribution in [2.75, 3.05) is 0 Å². The maximum atomic E-state index is 12.3. The number of ether oxygens (including phenoxy) is 1. The lowest BCUT2D eigenvalue weighted by Crippen LogP contribution is -2.08. The molecule has 132 valence electrons. The largest absolute Gasteiger partial charge is 0.508 e. The first-order valence-corrected chi connectivity index (χ1v) is 8.78. The number of carbonyl (C=O) groups excluding carboxylic acids is 1. The van der Waals surface area contributed by atoms with Gasteiger partial charge in [0.05, 0.1) is 5.56 Å². The lowest BCUT2D eigenvalue weighted by molar-refractivity contribution is 0.0734. The zero-order valence-corrected chi connectivity index (χ0v) is 15.0. The van der Waals surface area contributed by atoms with Crippen LogP contribution in [0.15, 0.2) is 66.7 Å². The molecular formula is C23H22O3. The summed E-state index contributed by atoms with van der Waals surface area (Å²) < 4.78 is 5.51. The van der Waals surface area contributed by atoms with Crippen molar-refractivity contribution in [1.29, 1.82) is 0 Å². The number of phenols is 1. The number of phenolic OH excluding ortho intramolecular Hbond substituents is 1. The Labute approximate surface area is 153 Å². The number of carbonyl (C=O) groups is 1. The van der Waals surface area contributed by atoms with Crippen LogP contribution in [-0.2, 0) is 6.42 Å². The molecule has 0 atom stereocenters. The average molecular weight is 346 g/mol. The number of aryl methyl sites for hydroxylation is 2. The van der Waals surface area contributed by atoms with Gasteiger partial charge in [-0.1, -0.05) is 43.7 Å². The molecule has 1 N–H and O–H groups in total. The van der Waals surface area contributed by atoms with Gasteiger partial charge >= 0.3 is 5.97 Å². The fourth-order valence-electron chi connectivity index (χ4n) is 2.93. The van der Waals surface area contributed by atoms with Gasteiger partial charge in [0.2, 0.25) is 0 Å². The lowest BCUT2D eigenvalue weighted by atomic mass is 10.0. The first-order chi connectivity index (χ1) is 12.6. The molecule has 0 bridgehead atoms. The van der Waals surface area contributed by atoms with E-state index in [0.717, 1.165) is 29.5 Å². The van der Waals surface area contributed by atoms with Crippen LogP contribution in [0.25, 0.3) is 11.1 Å². The van der Waals surface area contributed by atoms with Crippen LogP contribution in [0, 0.1) is 6.92 Å². The first kappa shape index (κ1) is 17.7. The maximum Gasteiger partial charge on any atom is 0.343 e. The first-order valence-electron chi connectivity index (χ1n) is 8.78. The van der Waals surface area contributed by atoms with Gasteiger partial charge in [0, 0.05) is 0 Å². The minimum Gasteiger partial charge on any atom is -0.508 e. The minimum atomic E-state index is -0.357. The Bertz CT molecular complexity index is 894. The van der Waals surface area contributed by atoms with Gasteiger partial charge in [-0.15, -0.1) is 0 Å². The van der Waals surface area contributed by atoms with Crippen LogP contribution in [0.5, 0.6) is 11.5 Å². The van der Waals surface area contributed by atoms with E-state index in [1.807, 2.05) is 55.5 Å². The van der Waals surface area contributed by atoms with Crippen molar-refractivity contribution in [3.8, 4) is 22.6 Å². The molecule has 3 rings (SSSR count). The van der Waals surface area contributed by atoms with Crippen LogP contribution in [0.4, 0.5) is 0 Å². The molecule has 3 aromatic rings. The summed E-state index contributed by atoms with van der Waals surface area (Å²) in [5.74, 6) is 0.402. The Hall–Kier alpha value is -3.07. The van der Waals surface area contributed by atoms with E-state index in [2.05, 4.69) is 6.92 Å². The van der Waals surface area contributed by atoms with Gasteiger partial charge in [0.25, 0.3) is 0 Å². The van der Waals surface area contributed by atoms with Gasteiger partial charge in [0.15, 0.2) is 0 Å². The van der Waals surface area contributed by atoms with E-state index in [9.17, 15) is 9.90 Å². The lowest BCUT2D eigenvalue weighted by Gasteiger charge is -2.10. The molecule has 0 spiro atoms. The molecule has 0 heterocycles. The van der Waals surface area contributed by atoms with Crippen LogP contribution in [0.3, 0.4) is 0 Å². The van der Waals surface area contributed by atoms with Gasteiger partial charge in [-0.3, -0.25) is 0 Å². The van der Waals surface area contributed by atoms with Crippen LogP contribution in [-0.4, -0.2) is 11.1 Å². The molecule has 0 aliphatic heterocycles. The molecule has 0 fully saturated rings. The third kappa shape index (κ3) is 4.12. The van der Waals surface area contributed by atoms with E-state index in [-0.39, 0.29) is 11.7 Å². The van der Waals surface area contributed by atoms with Crippen molar-refractivity contribution in [2.24, 2.45) is 0 Å². The Morgan fingerprint density at radius 2 is 1.65 bits per heavy atom. The summed E-state index contributed by atoms with van der Waals surface area (Å²) in [6.45, 7) is 4.10. The molecule has 3 nitrogen and oxygen atoms in total. The smallest absolute Gasteiger partial charge is 0.343 e. The molecule has 0 saturated carbocycles. The summed E-state index contributed by atoms with van der Waals surface area (Å²) in [4.78, 5) is 12.3. The molecule has 0 radical (unpaired) electrons. The second-order valence-corrected chi connectivity index (χ2v) is 6.36.